The number of hydrogen-bond acceptors (Lipinski definition) is 3. The lowest BCUT2D eigenvalue weighted by molar-refractivity contribution is 1.00. The molecule has 2 heterocycles. The quantitative estimate of drug-likeness (QED) is 0.784. The van der Waals surface area contributed by atoms with Crippen molar-refractivity contribution >= 4 is 11.2 Å². The minimum Gasteiger partial charge on any atom is -0.330 e. The molecule has 0 radical (unpaired) electrons. The van der Waals surface area contributed by atoms with Gasteiger partial charge in [0.25, 0.3) is 0 Å². The van der Waals surface area contributed by atoms with Gasteiger partial charge in [-0.15, -0.1) is 0 Å². The lowest BCUT2D eigenvalue weighted by Gasteiger charge is -2.02. The van der Waals surface area contributed by atoms with Crippen LogP contribution in [0.15, 0.2) is 31.4 Å². The molecular formula is C10H12N4. The molecule has 2 aromatic heterocycles. The normalized spacial score (nSPS) is 10.6. The summed E-state index contributed by atoms with van der Waals surface area (Å²) >= 11 is 0. The highest BCUT2D eigenvalue weighted by molar-refractivity contribution is 5.63. The van der Waals surface area contributed by atoms with E-state index in [-0.39, 0.29) is 0 Å². The van der Waals surface area contributed by atoms with Crippen molar-refractivity contribution in [2.45, 2.75) is 6.42 Å². The molecule has 2 aromatic rings. The van der Waals surface area contributed by atoms with Crippen molar-refractivity contribution in [1.82, 2.24) is 14.4 Å². The van der Waals surface area contributed by atoms with E-state index in [2.05, 4.69) is 16.5 Å². The Morgan fingerprint density at radius 2 is 2.36 bits per heavy atom. The van der Waals surface area contributed by atoms with E-state index in [0.29, 0.717) is 6.54 Å². The van der Waals surface area contributed by atoms with Crippen LogP contribution in [0.1, 0.15) is 12.1 Å². The Morgan fingerprint density at radius 1 is 1.50 bits per heavy atom. The van der Waals surface area contributed by atoms with Crippen LogP contribution in [0.5, 0.6) is 0 Å². The number of nitrogens with two attached hydrogens (primary N) is 1. The third-order valence-corrected chi connectivity index (χ3v) is 2.13. The zero-order chi connectivity index (χ0) is 9.97. The first-order valence-electron chi connectivity index (χ1n) is 4.48. The highest BCUT2D eigenvalue weighted by Crippen LogP contribution is 2.16. The summed E-state index contributed by atoms with van der Waals surface area (Å²) in [6.45, 7) is 4.58. The van der Waals surface area contributed by atoms with E-state index in [0.717, 1.165) is 23.3 Å². The van der Waals surface area contributed by atoms with Crippen molar-refractivity contribution in [2.75, 3.05) is 6.54 Å². The van der Waals surface area contributed by atoms with Crippen LogP contribution in [0, 0.1) is 0 Å². The van der Waals surface area contributed by atoms with Gasteiger partial charge in [0, 0.05) is 12.4 Å². The summed E-state index contributed by atoms with van der Waals surface area (Å²) in [6.07, 6.45) is 7.91. The largest absolute Gasteiger partial charge is 0.330 e. The molecule has 4 heteroatoms. The van der Waals surface area contributed by atoms with Gasteiger partial charge in [-0.2, -0.15) is 0 Å². The summed E-state index contributed by atoms with van der Waals surface area (Å²) in [6, 6.07) is 0. The second-order valence-electron chi connectivity index (χ2n) is 3.09. The van der Waals surface area contributed by atoms with Crippen LogP contribution in [-0.2, 0) is 0 Å². The van der Waals surface area contributed by atoms with E-state index < -0.39 is 0 Å². The first kappa shape index (κ1) is 8.90. The van der Waals surface area contributed by atoms with E-state index in [4.69, 9.17) is 5.73 Å². The van der Waals surface area contributed by atoms with Crippen LogP contribution >= 0.6 is 0 Å². The van der Waals surface area contributed by atoms with Crippen LogP contribution in [0.4, 0.5) is 0 Å². The first-order chi connectivity index (χ1) is 6.83. The molecule has 0 saturated carbocycles. The summed E-state index contributed by atoms with van der Waals surface area (Å²) in [4.78, 5) is 8.21. The first-order valence-corrected chi connectivity index (χ1v) is 4.48. The Hall–Kier alpha value is -1.68. The van der Waals surface area contributed by atoms with Gasteiger partial charge in [-0.3, -0.25) is 9.38 Å². The SMILES string of the molecule is C=C(CCN)c1cnc2cnccn12. The fourth-order valence-corrected chi connectivity index (χ4v) is 1.41. The van der Waals surface area contributed by atoms with Crippen LogP contribution in [-0.4, -0.2) is 20.9 Å². The molecule has 72 valence electrons. The molecule has 0 spiro atoms. The zero-order valence-corrected chi connectivity index (χ0v) is 7.85. The molecule has 0 aliphatic heterocycles. The van der Waals surface area contributed by atoms with Gasteiger partial charge in [-0.05, 0) is 18.5 Å². The molecule has 0 atom stereocenters. The van der Waals surface area contributed by atoms with E-state index in [1.807, 2.05) is 10.6 Å². The lowest BCUT2D eigenvalue weighted by atomic mass is 10.1. The number of nitrogens with zero attached hydrogens (tertiary/aromatic N) is 3. The second kappa shape index (κ2) is 3.59. The maximum absolute atomic E-state index is 5.48. The van der Waals surface area contributed by atoms with Crippen LogP contribution < -0.4 is 5.73 Å². The molecule has 0 amide bonds. The smallest absolute Gasteiger partial charge is 0.155 e. The number of rotatable bonds is 3. The molecule has 2 rings (SSSR count). The highest BCUT2D eigenvalue weighted by Gasteiger charge is 2.04. The van der Waals surface area contributed by atoms with Gasteiger partial charge in [0.2, 0.25) is 0 Å². The highest BCUT2D eigenvalue weighted by atomic mass is 15.0. The van der Waals surface area contributed by atoms with Gasteiger partial charge in [-0.1, -0.05) is 6.58 Å². The topological polar surface area (TPSA) is 56.2 Å². The van der Waals surface area contributed by atoms with Gasteiger partial charge >= 0.3 is 0 Å². The van der Waals surface area contributed by atoms with Crippen LogP contribution in [0.25, 0.3) is 11.2 Å². The summed E-state index contributed by atoms with van der Waals surface area (Å²) in [5.74, 6) is 0. The molecule has 0 aromatic carbocycles. The van der Waals surface area contributed by atoms with Gasteiger partial charge in [0.15, 0.2) is 5.65 Å². The number of fused-ring (bicyclic) bond motifs is 1. The second-order valence-corrected chi connectivity index (χ2v) is 3.09. The fraction of sp³-hybridized carbons (Fsp3) is 0.200. The average molecular weight is 188 g/mol. The molecule has 0 aliphatic carbocycles. The monoisotopic (exact) mass is 188 g/mol. The molecule has 0 saturated heterocycles. The van der Waals surface area contributed by atoms with Crippen molar-refractivity contribution < 1.29 is 0 Å². The molecular weight excluding hydrogens is 176 g/mol. The Balaban J connectivity index is 2.47. The molecule has 0 unspecified atom stereocenters. The van der Waals surface area contributed by atoms with E-state index in [1.54, 1.807) is 18.6 Å². The van der Waals surface area contributed by atoms with Crippen LogP contribution in [0.3, 0.4) is 0 Å². The minimum absolute atomic E-state index is 0.608. The third kappa shape index (κ3) is 1.40. The van der Waals surface area contributed by atoms with Crippen molar-refractivity contribution in [3.8, 4) is 0 Å². The fourth-order valence-electron chi connectivity index (χ4n) is 1.41. The molecule has 14 heavy (non-hydrogen) atoms. The van der Waals surface area contributed by atoms with Crippen molar-refractivity contribution in [3.63, 3.8) is 0 Å². The van der Waals surface area contributed by atoms with E-state index in [9.17, 15) is 0 Å². The molecule has 4 nitrogen and oxygen atoms in total. The Labute approximate surface area is 82.1 Å². The summed E-state index contributed by atoms with van der Waals surface area (Å²) in [5.41, 5.74) is 8.32. The zero-order valence-electron chi connectivity index (χ0n) is 7.85. The molecule has 0 bridgehead atoms. The van der Waals surface area contributed by atoms with Gasteiger partial charge in [0.1, 0.15) is 0 Å². The number of hydrogen-bond donors (Lipinski definition) is 1. The average Bonchev–Trinajstić information content (AvgIpc) is 2.61. The van der Waals surface area contributed by atoms with Gasteiger partial charge < -0.3 is 5.73 Å². The standard InChI is InChI=1S/C10H12N4/c1-8(2-3-11)9-6-13-10-7-12-4-5-14(9)10/h4-7H,1-3,11H2. The molecule has 2 N–H and O–H groups in total. The molecule has 0 aliphatic rings. The number of aromatic nitrogens is 3. The van der Waals surface area contributed by atoms with Crippen molar-refractivity contribution in [1.29, 1.82) is 0 Å². The van der Waals surface area contributed by atoms with Crippen molar-refractivity contribution in [2.24, 2.45) is 5.73 Å². The maximum atomic E-state index is 5.48. The maximum Gasteiger partial charge on any atom is 0.155 e. The van der Waals surface area contributed by atoms with Gasteiger partial charge in [0.05, 0.1) is 18.1 Å². The summed E-state index contributed by atoms with van der Waals surface area (Å²) in [7, 11) is 0. The Kier molecular flexibility index (Phi) is 2.28. The summed E-state index contributed by atoms with van der Waals surface area (Å²) < 4.78 is 1.96. The lowest BCUT2D eigenvalue weighted by Crippen LogP contribution is -2.00. The summed E-state index contributed by atoms with van der Waals surface area (Å²) in [5, 5.41) is 0. The van der Waals surface area contributed by atoms with Crippen molar-refractivity contribution in [3.05, 3.63) is 37.1 Å². The Bertz CT molecular complexity index is 458. The minimum atomic E-state index is 0.608. The van der Waals surface area contributed by atoms with E-state index in [1.165, 1.54) is 0 Å². The predicted octanol–water partition coefficient (Wildman–Crippen LogP) is 1.09. The number of imidazole rings is 1. The van der Waals surface area contributed by atoms with E-state index >= 15 is 0 Å². The Morgan fingerprint density at radius 3 is 3.14 bits per heavy atom. The van der Waals surface area contributed by atoms with Gasteiger partial charge in [-0.25, -0.2) is 4.98 Å². The molecule has 0 fully saturated rings. The third-order valence-electron chi connectivity index (χ3n) is 2.13. The van der Waals surface area contributed by atoms with Crippen LogP contribution in [0.2, 0.25) is 0 Å². The predicted molar refractivity (Wildman–Crippen MR) is 55.7 cm³/mol.